The second-order valence-corrected chi connectivity index (χ2v) is 11.7. The summed E-state index contributed by atoms with van der Waals surface area (Å²) in [6.45, 7) is 3.98. The van der Waals surface area contributed by atoms with E-state index < -0.39 is 28.5 Å². The zero-order valence-corrected chi connectivity index (χ0v) is 23.8. The van der Waals surface area contributed by atoms with E-state index in [0.29, 0.717) is 18.0 Å². The first kappa shape index (κ1) is 28.3. The molecule has 1 N–H and O–H groups in total. The van der Waals surface area contributed by atoms with Gasteiger partial charge in [0.05, 0.1) is 23.2 Å². The number of thioether (sulfide) groups is 1. The Balaban J connectivity index is 1.68. The van der Waals surface area contributed by atoms with E-state index in [1.807, 2.05) is 74.7 Å². The zero-order valence-electron chi connectivity index (χ0n) is 22.2. The highest BCUT2D eigenvalue weighted by Gasteiger charge is 2.28. The number of benzene rings is 4. The average molecular weight is 561 g/mol. The SMILES string of the molecule is CCOc1ccc(N(CC(=O)N[C@@H](c2ccccc2)c2ccc(C)cc2)S(=O)(=O)c2ccc(SC)cc2)cc1. The number of hydrogen-bond donors (Lipinski definition) is 1. The lowest BCUT2D eigenvalue weighted by atomic mass is 9.98. The van der Waals surface area contributed by atoms with Crippen molar-refractivity contribution in [3.63, 3.8) is 0 Å². The molecule has 0 fully saturated rings. The van der Waals surface area contributed by atoms with Crippen molar-refractivity contribution in [3.05, 3.63) is 120 Å². The highest BCUT2D eigenvalue weighted by atomic mass is 32.2. The molecule has 39 heavy (non-hydrogen) atoms. The number of hydrogen-bond acceptors (Lipinski definition) is 5. The number of carbonyl (C=O) groups is 1. The van der Waals surface area contributed by atoms with E-state index in [2.05, 4.69) is 5.32 Å². The molecule has 0 saturated carbocycles. The predicted octanol–water partition coefficient (Wildman–Crippen LogP) is 6.22. The van der Waals surface area contributed by atoms with Crippen molar-refractivity contribution < 1.29 is 17.9 Å². The predicted molar refractivity (Wildman–Crippen MR) is 158 cm³/mol. The van der Waals surface area contributed by atoms with E-state index in [-0.39, 0.29) is 4.90 Å². The van der Waals surface area contributed by atoms with Crippen LogP contribution in [0.25, 0.3) is 0 Å². The summed E-state index contributed by atoms with van der Waals surface area (Å²) < 4.78 is 34.4. The number of carbonyl (C=O) groups excluding carboxylic acids is 1. The Morgan fingerprint density at radius 2 is 1.49 bits per heavy atom. The lowest BCUT2D eigenvalue weighted by Crippen LogP contribution is -2.42. The Kier molecular flexibility index (Phi) is 9.32. The van der Waals surface area contributed by atoms with Crippen LogP contribution in [0.15, 0.2) is 113 Å². The van der Waals surface area contributed by atoms with Crippen LogP contribution in [0.5, 0.6) is 5.75 Å². The largest absolute Gasteiger partial charge is 0.494 e. The van der Waals surface area contributed by atoms with Gasteiger partial charge in [-0.25, -0.2) is 8.42 Å². The molecular formula is C31H32N2O4S2. The van der Waals surface area contributed by atoms with Gasteiger partial charge in [0.2, 0.25) is 5.91 Å². The lowest BCUT2D eigenvalue weighted by molar-refractivity contribution is -0.120. The summed E-state index contributed by atoms with van der Waals surface area (Å²) in [6.07, 6.45) is 1.93. The minimum Gasteiger partial charge on any atom is -0.494 e. The summed E-state index contributed by atoms with van der Waals surface area (Å²) in [5.74, 6) is 0.193. The minimum absolute atomic E-state index is 0.111. The summed E-state index contributed by atoms with van der Waals surface area (Å²) in [7, 11) is -4.05. The molecule has 0 aromatic heterocycles. The summed E-state index contributed by atoms with van der Waals surface area (Å²) in [5, 5.41) is 3.07. The number of nitrogens with one attached hydrogen (secondary N) is 1. The van der Waals surface area contributed by atoms with Crippen LogP contribution in [0, 0.1) is 6.92 Å². The molecule has 4 rings (SSSR count). The normalized spacial score (nSPS) is 12.0. The average Bonchev–Trinajstić information content (AvgIpc) is 2.96. The van der Waals surface area contributed by atoms with Crippen molar-refractivity contribution in [3.8, 4) is 5.75 Å². The number of anilines is 1. The van der Waals surface area contributed by atoms with Gasteiger partial charge in [-0.3, -0.25) is 9.10 Å². The van der Waals surface area contributed by atoms with Gasteiger partial charge in [-0.2, -0.15) is 0 Å². The van der Waals surface area contributed by atoms with Crippen molar-refractivity contribution in [2.24, 2.45) is 0 Å². The molecule has 0 heterocycles. The molecule has 1 amide bonds. The van der Waals surface area contributed by atoms with E-state index >= 15 is 0 Å². The molecule has 202 valence electrons. The molecule has 0 radical (unpaired) electrons. The lowest BCUT2D eigenvalue weighted by Gasteiger charge is -2.26. The number of amides is 1. The van der Waals surface area contributed by atoms with E-state index in [0.717, 1.165) is 25.9 Å². The monoisotopic (exact) mass is 560 g/mol. The second-order valence-electron chi connectivity index (χ2n) is 8.94. The van der Waals surface area contributed by atoms with Crippen LogP contribution in [0.4, 0.5) is 5.69 Å². The summed E-state index contributed by atoms with van der Waals surface area (Å²) in [6, 6.07) is 30.5. The fourth-order valence-electron chi connectivity index (χ4n) is 4.17. The van der Waals surface area contributed by atoms with E-state index in [1.165, 1.54) is 11.8 Å². The molecule has 6 nitrogen and oxygen atoms in total. The van der Waals surface area contributed by atoms with Crippen LogP contribution in [0.2, 0.25) is 0 Å². The first-order valence-corrected chi connectivity index (χ1v) is 15.3. The van der Waals surface area contributed by atoms with Crippen LogP contribution in [0.1, 0.15) is 29.7 Å². The maximum atomic E-state index is 13.8. The Morgan fingerprint density at radius 3 is 2.08 bits per heavy atom. The molecule has 0 aliphatic carbocycles. The van der Waals surface area contributed by atoms with Gasteiger partial charge in [-0.15, -0.1) is 11.8 Å². The van der Waals surface area contributed by atoms with Gasteiger partial charge in [0.1, 0.15) is 12.3 Å². The highest BCUT2D eigenvalue weighted by molar-refractivity contribution is 7.98. The Morgan fingerprint density at radius 1 is 0.872 bits per heavy atom. The number of aryl methyl sites for hydroxylation is 1. The minimum atomic E-state index is -4.05. The Hall–Kier alpha value is -3.75. The maximum Gasteiger partial charge on any atom is 0.264 e. The van der Waals surface area contributed by atoms with Crippen LogP contribution in [-0.2, 0) is 14.8 Å². The van der Waals surface area contributed by atoms with Gasteiger partial charge in [-0.05, 0) is 79.8 Å². The number of ether oxygens (including phenoxy) is 1. The number of rotatable bonds is 11. The molecule has 0 saturated heterocycles. The van der Waals surface area contributed by atoms with Crippen LogP contribution >= 0.6 is 11.8 Å². The summed E-state index contributed by atoms with van der Waals surface area (Å²) in [5.41, 5.74) is 3.28. The van der Waals surface area contributed by atoms with Crippen molar-refractivity contribution in [1.82, 2.24) is 5.32 Å². The first-order chi connectivity index (χ1) is 18.8. The fraction of sp³-hybridized carbons (Fsp3) is 0.194. The van der Waals surface area contributed by atoms with Crippen molar-refractivity contribution in [2.75, 3.05) is 23.7 Å². The first-order valence-electron chi connectivity index (χ1n) is 12.6. The van der Waals surface area contributed by atoms with Crippen molar-refractivity contribution >= 4 is 33.4 Å². The van der Waals surface area contributed by atoms with Gasteiger partial charge in [0, 0.05) is 4.90 Å². The molecule has 8 heteroatoms. The quantitative estimate of drug-likeness (QED) is 0.221. The van der Waals surface area contributed by atoms with Crippen LogP contribution in [0.3, 0.4) is 0 Å². The molecule has 1 atom stereocenters. The molecule has 0 spiro atoms. The third kappa shape index (κ3) is 7.02. The molecule has 4 aromatic carbocycles. The van der Waals surface area contributed by atoms with Crippen LogP contribution in [-0.4, -0.2) is 33.7 Å². The van der Waals surface area contributed by atoms with Gasteiger partial charge in [-0.1, -0.05) is 60.2 Å². The number of nitrogens with zero attached hydrogens (tertiary/aromatic N) is 1. The number of sulfonamides is 1. The summed E-state index contributed by atoms with van der Waals surface area (Å²) >= 11 is 1.53. The third-order valence-corrected chi connectivity index (χ3v) is 8.75. The third-order valence-electron chi connectivity index (χ3n) is 6.22. The molecular weight excluding hydrogens is 528 g/mol. The van der Waals surface area contributed by atoms with E-state index in [9.17, 15) is 13.2 Å². The summed E-state index contributed by atoms with van der Waals surface area (Å²) in [4.78, 5) is 14.6. The van der Waals surface area contributed by atoms with Gasteiger partial charge >= 0.3 is 0 Å². The second kappa shape index (κ2) is 12.9. The fourth-order valence-corrected chi connectivity index (χ4v) is 6.00. The maximum absolute atomic E-state index is 13.8. The van der Waals surface area contributed by atoms with Gasteiger partial charge in [0.25, 0.3) is 10.0 Å². The van der Waals surface area contributed by atoms with E-state index in [1.54, 1.807) is 48.5 Å². The molecule has 0 aliphatic rings. The van der Waals surface area contributed by atoms with Gasteiger partial charge in [0.15, 0.2) is 0 Å². The molecule has 0 bridgehead atoms. The molecule has 4 aromatic rings. The smallest absolute Gasteiger partial charge is 0.264 e. The topological polar surface area (TPSA) is 75.7 Å². The Bertz CT molecular complexity index is 1470. The molecule has 0 aliphatic heterocycles. The Labute approximate surface area is 235 Å². The standard InChI is InChI=1S/C31H32N2O4S2/c1-4-37-27-16-14-26(15-17-27)33(39(35,36)29-20-18-28(38-3)19-21-29)22-30(34)32-31(24-8-6-5-7-9-24)25-12-10-23(2)11-13-25/h5-21,31H,4,22H2,1-3H3,(H,32,34)/t31-/m0/s1. The van der Waals surface area contributed by atoms with Crippen LogP contribution < -0.4 is 14.4 Å². The van der Waals surface area contributed by atoms with Gasteiger partial charge < -0.3 is 10.1 Å². The molecule has 0 unspecified atom stereocenters. The van der Waals surface area contributed by atoms with Crippen molar-refractivity contribution in [1.29, 1.82) is 0 Å². The zero-order chi connectivity index (χ0) is 27.8. The van der Waals surface area contributed by atoms with E-state index in [4.69, 9.17) is 4.74 Å². The highest BCUT2D eigenvalue weighted by Crippen LogP contribution is 2.28. The van der Waals surface area contributed by atoms with Crippen molar-refractivity contribution in [2.45, 2.75) is 29.7 Å².